The number of halogens is 1. The van der Waals surface area contributed by atoms with E-state index >= 15 is 0 Å². The predicted octanol–water partition coefficient (Wildman–Crippen LogP) is 5.75. The van der Waals surface area contributed by atoms with Gasteiger partial charge in [-0.05, 0) is 53.1 Å². The molecule has 0 fully saturated rings. The van der Waals surface area contributed by atoms with Gasteiger partial charge < -0.3 is 10.6 Å². The number of anilines is 2. The fraction of sp³-hybridized carbons (Fsp3) is 0.0400. The van der Waals surface area contributed by atoms with Crippen LogP contribution in [0.3, 0.4) is 0 Å². The second-order valence-corrected chi connectivity index (χ2v) is 6.78. The first-order valence-corrected chi connectivity index (χ1v) is 9.59. The Kier molecular flexibility index (Phi) is 5.80. The van der Waals surface area contributed by atoms with Crippen LogP contribution in [0.25, 0.3) is 11.1 Å². The van der Waals surface area contributed by atoms with E-state index in [4.69, 9.17) is 0 Å². The van der Waals surface area contributed by atoms with Gasteiger partial charge in [0.05, 0.1) is 5.56 Å². The van der Waals surface area contributed by atoms with Gasteiger partial charge in [0.25, 0.3) is 5.91 Å². The molecule has 30 heavy (non-hydrogen) atoms. The summed E-state index contributed by atoms with van der Waals surface area (Å²) < 4.78 is 13.4. The van der Waals surface area contributed by atoms with Crippen molar-refractivity contribution < 1.29 is 9.18 Å². The van der Waals surface area contributed by atoms with E-state index in [9.17, 15) is 9.18 Å². The lowest BCUT2D eigenvalue weighted by atomic mass is 10.1. The van der Waals surface area contributed by atoms with Crippen LogP contribution >= 0.6 is 0 Å². The molecule has 0 radical (unpaired) electrons. The molecule has 5 heteroatoms. The third kappa shape index (κ3) is 4.70. The smallest absolute Gasteiger partial charge is 0.259 e. The Labute approximate surface area is 174 Å². The zero-order chi connectivity index (χ0) is 20.8. The summed E-state index contributed by atoms with van der Waals surface area (Å²) in [5.74, 6) is -0.121. The van der Waals surface area contributed by atoms with Crippen molar-refractivity contribution in [2.45, 2.75) is 6.54 Å². The lowest BCUT2D eigenvalue weighted by molar-refractivity contribution is 0.102. The molecule has 0 atom stereocenters. The highest BCUT2D eigenvalue weighted by atomic mass is 19.1. The molecule has 4 nitrogen and oxygen atoms in total. The molecule has 4 rings (SSSR count). The Morgan fingerprint density at radius 3 is 2.37 bits per heavy atom. The van der Waals surface area contributed by atoms with Crippen LogP contribution in [0.2, 0.25) is 0 Å². The first-order valence-electron chi connectivity index (χ1n) is 9.59. The Morgan fingerprint density at radius 2 is 1.60 bits per heavy atom. The second-order valence-electron chi connectivity index (χ2n) is 6.78. The molecule has 0 aliphatic carbocycles. The van der Waals surface area contributed by atoms with Crippen LogP contribution in [0.5, 0.6) is 0 Å². The Morgan fingerprint density at radius 1 is 0.833 bits per heavy atom. The highest BCUT2D eigenvalue weighted by Gasteiger charge is 2.13. The predicted molar refractivity (Wildman–Crippen MR) is 118 cm³/mol. The van der Waals surface area contributed by atoms with Crippen molar-refractivity contribution in [1.29, 1.82) is 0 Å². The summed E-state index contributed by atoms with van der Waals surface area (Å²) in [4.78, 5) is 17.1. The van der Waals surface area contributed by atoms with E-state index in [1.54, 1.807) is 24.4 Å². The van der Waals surface area contributed by atoms with E-state index in [0.717, 1.165) is 16.7 Å². The molecule has 0 saturated carbocycles. The topological polar surface area (TPSA) is 54.0 Å². The number of carbonyl (C=O) groups excluding carboxylic acids is 1. The van der Waals surface area contributed by atoms with Gasteiger partial charge in [0.1, 0.15) is 11.6 Å². The maximum Gasteiger partial charge on any atom is 0.259 e. The van der Waals surface area contributed by atoms with E-state index in [2.05, 4.69) is 15.6 Å². The molecule has 3 aromatic carbocycles. The number of carbonyl (C=O) groups is 1. The van der Waals surface area contributed by atoms with Gasteiger partial charge in [-0.25, -0.2) is 9.37 Å². The summed E-state index contributed by atoms with van der Waals surface area (Å²) in [5.41, 5.74) is 4.07. The zero-order valence-corrected chi connectivity index (χ0v) is 16.2. The highest BCUT2D eigenvalue weighted by molar-refractivity contribution is 6.07. The fourth-order valence-electron chi connectivity index (χ4n) is 3.14. The summed E-state index contributed by atoms with van der Waals surface area (Å²) in [6, 6.07) is 27.4. The van der Waals surface area contributed by atoms with Crippen molar-refractivity contribution in [2.75, 3.05) is 10.6 Å². The van der Waals surface area contributed by atoms with E-state index in [1.165, 1.54) is 12.1 Å². The van der Waals surface area contributed by atoms with Crippen molar-refractivity contribution in [3.8, 4) is 11.1 Å². The number of benzene rings is 3. The van der Waals surface area contributed by atoms with Crippen LogP contribution in [0.1, 0.15) is 15.9 Å². The van der Waals surface area contributed by atoms with Crippen LogP contribution in [-0.2, 0) is 6.54 Å². The molecule has 0 aliphatic heterocycles. The third-order valence-electron chi connectivity index (χ3n) is 4.65. The molecule has 1 heterocycles. The standard InChI is InChI=1S/C25H20FN3O/c26-21-9-4-6-18(16-21)17-28-24-23(10-5-15-27-24)25(30)29-22-13-11-20(12-14-22)19-7-2-1-3-8-19/h1-16H,17H2,(H,27,28)(H,29,30). The second kappa shape index (κ2) is 9.01. The summed E-state index contributed by atoms with van der Waals surface area (Å²) in [5, 5.41) is 6.02. The molecule has 0 bridgehead atoms. The molecule has 0 aliphatic rings. The zero-order valence-electron chi connectivity index (χ0n) is 16.2. The SMILES string of the molecule is O=C(Nc1ccc(-c2ccccc2)cc1)c1cccnc1NCc1cccc(F)c1. The molecular weight excluding hydrogens is 377 g/mol. The number of pyridine rings is 1. The van der Waals surface area contributed by atoms with Gasteiger partial charge in [-0.1, -0.05) is 54.6 Å². The normalized spacial score (nSPS) is 10.4. The van der Waals surface area contributed by atoms with Gasteiger partial charge in [0.15, 0.2) is 0 Å². The van der Waals surface area contributed by atoms with E-state index in [-0.39, 0.29) is 11.7 Å². The van der Waals surface area contributed by atoms with Crippen molar-refractivity contribution >= 4 is 17.4 Å². The Bertz CT molecular complexity index is 1140. The number of amides is 1. The molecule has 0 spiro atoms. The summed E-state index contributed by atoms with van der Waals surface area (Å²) >= 11 is 0. The van der Waals surface area contributed by atoms with Crippen LogP contribution in [0, 0.1) is 5.82 Å². The van der Waals surface area contributed by atoms with Gasteiger partial charge in [0, 0.05) is 18.4 Å². The minimum atomic E-state index is -0.299. The third-order valence-corrected chi connectivity index (χ3v) is 4.65. The highest BCUT2D eigenvalue weighted by Crippen LogP contribution is 2.22. The molecule has 4 aromatic rings. The molecule has 0 saturated heterocycles. The molecule has 1 aromatic heterocycles. The van der Waals surface area contributed by atoms with Gasteiger partial charge >= 0.3 is 0 Å². The minimum absolute atomic E-state index is 0.266. The molecule has 1 amide bonds. The Hall–Kier alpha value is -3.99. The van der Waals surface area contributed by atoms with Crippen LogP contribution in [-0.4, -0.2) is 10.9 Å². The van der Waals surface area contributed by atoms with Crippen LogP contribution in [0.15, 0.2) is 97.2 Å². The molecule has 148 valence electrons. The van der Waals surface area contributed by atoms with E-state index in [0.29, 0.717) is 23.6 Å². The number of rotatable bonds is 6. The monoisotopic (exact) mass is 397 g/mol. The quantitative estimate of drug-likeness (QED) is 0.435. The average Bonchev–Trinajstić information content (AvgIpc) is 2.79. The minimum Gasteiger partial charge on any atom is -0.365 e. The Balaban J connectivity index is 1.46. The summed E-state index contributed by atoms with van der Waals surface area (Å²) in [6.07, 6.45) is 1.61. The van der Waals surface area contributed by atoms with E-state index in [1.807, 2.05) is 60.7 Å². The number of aromatic nitrogens is 1. The summed E-state index contributed by atoms with van der Waals surface area (Å²) in [7, 11) is 0. The largest absolute Gasteiger partial charge is 0.365 e. The van der Waals surface area contributed by atoms with Gasteiger partial charge in [-0.3, -0.25) is 4.79 Å². The van der Waals surface area contributed by atoms with Crippen molar-refractivity contribution in [2.24, 2.45) is 0 Å². The number of hydrogen-bond donors (Lipinski definition) is 2. The first-order chi connectivity index (χ1) is 14.7. The van der Waals surface area contributed by atoms with Gasteiger partial charge in [-0.2, -0.15) is 0 Å². The lowest BCUT2D eigenvalue weighted by Gasteiger charge is -2.12. The van der Waals surface area contributed by atoms with Crippen molar-refractivity contribution in [3.63, 3.8) is 0 Å². The van der Waals surface area contributed by atoms with E-state index < -0.39 is 0 Å². The number of hydrogen-bond acceptors (Lipinski definition) is 3. The van der Waals surface area contributed by atoms with Gasteiger partial charge in [-0.15, -0.1) is 0 Å². The molecule has 2 N–H and O–H groups in total. The number of nitrogens with zero attached hydrogens (tertiary/aromatic N) is 1. The van der Waals surface area contributed by atoms with Crippen LogP contribution < -0.4 is 10.6 Å². The summed E-state index contributed by atoms with van der Waals surface area (Å²) in [6.45, 7) is 0.362. The fourth-order valence-corrected chi connectivity index (χ4v) is 3.14. The lowest BCUT2D eigenvalue weighted by Crippen LogP contribution is -2.15. The number of nitrogens with one attached hydrogen (secondary N) is 2. The van der Waals surface area contributed by atoms with Crippen LogP contribution in [0.4, 0.5) is 15.9 Å². The molecule has 0 unspecified atom stereocenters. The van der Waals surface area contributed by atoms with Crippen molar-refractivity contribution in [1.82, 2.24) is 4.98 Å². The average molecular weight is 397 g/mol. The van der Waals surface area contributed by atoms with Gasteiger partial charge in [0.2, 0.25) is 0 Å². The maximum atomic E-state index is 13.4. The first kappa shape index (κ1) is 19.3. The van der Waals surface area contributed by atoms with Crippen molar-refractivity contribution in [3.05, 3.63) is 114 Å². The molecular formula is C25H20FN3O. The maximum absolute atomic E-state index is 13.4.